The highest BCUT2D eigenvalue weighted by Crippen LogP contribution is 2.25. The molecule has 3 aromatic heterocycles. The molecule has 1 saturated heterocycles. The minimum Gasteiger partial charge on any atom is -0.324 e. The molecular formula is C21H25N7O. The number of nitrogens with one attached hydrogen (secondary N) is 2. The predicted molar refractivity (Wildman–Crippen MR) is 111 cm³/mol. The first kappa shape index (κ1) is 18.2. The van der Waals surface area contributed by atoms with E-state index in [9.17, 15) is 4.79 Å². The number of piperidine rings is 1. The molecule has 2 N–H and O–H groups in total. The van der Waals surface area contributed by atoms with Gasteiger partial charge in [0.2, 0.25) is 5.91 Å². The third kappa shape index (κ3) is 3.61. The van der Waals surface area contributed by atoms with Gasteiger partial charge in [-0.25, -0.2) is 9.97 Å². The topological polar surface area (TPSA) is 88.0 Å². The van der Waals surface area contributed by atoms with Gasteiger partial charge in [0.05, 0.1) is 24.1 Å². The van der Waals surface area contributed by atoms with Crippen LogP contribution < -0.4 is 10.6 Å². The number of rotatable bonds is 3. The first-order valence-electron chi connectivity index (χ1n) is 10.2. The van der Waals surface area contributed by atoms with Crippen LogP contribution in [0.3, 0.4) is 0 Å². The lowest BCUT2D eigenvalue weighted by molar-refractivity contribution is -0.121. The lowest BCUT2D eigenvalue weighted by atomic mass is 9.96. The van der Waals surface area contributed by atoms with E-state index in [1.54, 1.807) is 6.20 Å². The van der Waals surface area contributed by atoms with Gasteiger partial charge in [-0.3, -0.25) is 9.78 Å². The van der Waals surface area contributed by atoms with Crippen LogP contribution in [0.4, 0.5) is 5.82 Å². The zero-order chi connectivity index (χ0) is 19.8. The van der Waals surface area contributed by atoms with Gasteiger partial charge in [-0.1, -0.05) is 0 Å². The highest BCUT2D eigenvalue weighted by Gasteiger charge is 2.23. The highest BCUT2D eigenvalue weighted by molar-refractivity contribution is 5.94. The summed E-state index contributed by atoms with van der Waals surface area (Å²) in [6.45, 7) is 4.52. The molecule has 0 bridgehead atoms. The maximum absolute atomic E-state index is 12.6. The predicted octanol–water partition coefficient (Wildman–Crippen LogP) is 1.88. The Morgan fingerprint density at radius 3 is 2.76 bits per heavy atom. The molecule has 5 heterocycles. The number of amides is 1. The molecule has 29 heavy (non-hydrogen) atoms. The molecule has 2 aliphatic rings. The SMILES string of the molecule is CN1CCC(C(=O)Nc2cc3cc(-c4cnc5n4CCNC5)ncc3cn2)CC1. The number of carbonyl (C=O) groups is 1. The monoisotopic (exact) mass is 391 g/mol. The number of aromatic nitrogens is 4. The van der Waals surface area contributed by atoms with E-state index in [-0.39, 0.29) is 11.8 Å². The molecule has 3 aromatic rings. The second kappa shape index (κ2) is 7.53. The summed E-state index contributed by atoms with van der Waals surface area (Å²) in [4.78, 5) is 28.4. The molecule has 0 aliphatic carbocycles. The Bertz CT molecular complexity index is 1050. The van der Waals surface area contributed by atoms with Crippen LogP contribution >= 0.6 is 0 Å². The summed E-state index contributed by atoms with van der Waals surface area (Å²) >= 11 is 0. The van der Waals surface area contributed by atoms with Crippen LogP contribution in [0.2, 0.25) is 0 Å². The smallest absolute Gasteiger partial charge is 0.228 e. The van der Waals surface area contributed by atoms with Crippen molar-refractivity contribution in [1.29, 1.82) is 0 Å². The molecule has 1 fully saturated rings. The molecule has 8 nitrogen and oxygen atoms in total. The first-order valence-corrected chi connectivity index (χ1v) is 10.2. The molecule has 1 amide bonds. The van der Waals surface area contributed by atoms with Crippen molar-refractivity contribution in [1.82, 2.24) is 29.7 Å². The van der Waals surface area contributed by atoms with Gasteiger partial charge in [0, 0.05) is 36.8 Å². The van der Waals surface area contributed by atoms with Crippen molar-refractivity contribution in [2.75, 3.05) is 32.0 Å². The van der Waals surface area contributed by atoms with Crippen LogP contribution in [0.5, 0.6) is 0 Å². The van der Waals surface area contributed by atoms with Gasteiger partial charge in [0.25, 0.3) is 0 Å². The van der Waals surface area contributed by atoms with E-state index < -0.39 is 0 Å². The second-order valence-corrected chi connectivity index (χ2v) is 7.94. The molecule has 150 valence electrons. The van der Waals surface area contributed by atoms with Crippen LogP contribution in [0.15, 0.2) is 30.7 Å². The summed E-state index contributed by atoms with van der Waals surface area (Å²) in [5.74, 6) is 1.76. The number of nitrogens with zero attached hydrogens (tertiary/aromatic N) is 5. The van der Waals surface area contributed by atoms with Crippen LogP contribution in [0.1, 0.15) is 18.7 Å². The maximum Gasteiger partial charge on any atom is 0.228 e. The Kier molecular flexibility index (Phi) is 4.73. The number of hydrogen-bond donors (Lipinski definition) is 2. The largest absolute Gasteiger partial charge is 0.324 e. The van der Waals surface area contributed by atoms with Crippen molar-refractivity contribution in [3.8, 4) is 11.4 Å². The average Bonchev–Trinajstić information content (AvgIpc) is 3.18. The minimum absolute atomic E-state index is 0.0589. The number of anilines is 1. The fourth-order valence-electron chi connectivity index (χ4n) is 4.15. The molecule has 0 saturated carbocycles. The van der Waals surface area contributed by atoms with Crippen molar-refractivity contribution in [3.05, 3.63) is 36.5 Å². The zero-order valence-electron chi connectivity index (χ0n) is 16.6. The summed E-state index contributed by atoms with van der Waals surface area (Å²) in [5, 5.41) is 8.30. The van der Waals surface area contributed by atoms with E-state index in [0.717, 1.165) is 73.6 Å². The number of pyridine rings is 2. The minimum atomic E-state index is 0.0589. The quantitative estimate of drug-likeness (QED) is 0.709. The molecule has 8 heteroatoms. The number of carbonyl (C=O) groups excluding carboxylic acids is 1. The summed E-state index contributed by atoms with van der Waals surface area (Å²) in [5.41, 5.74) is 1.91. The second-order valence-electron chi connectivity index (χ2n) is 7.94. The zero-order valence-corrected chi connectivity index (χ0v) is 16.6. The lowest BCUT2D eigenvalue weighted by Crippen LogP contribution is -2.36. The van der Waals surface area contributed by atoms with Crippen LogP contribution in [0, 0.1) is 5.92 Å². The number of likely N-dealkylation sites (tertiary alicyclic amines) is 1. The average molecular weight is 391 g/mol. The molecule has 0 spiro atoms. The van der Waals surface area contributed by atoms with Gasteiger partial charge in [-0.15, -0.1) is 0 Å². The van der Waals surface area contributed by atoms with E-state index in [1.807, 2.05) is 18.5 Å². The Morgan fingerprint density at radius 1 is 1.07 bits per heavy atom. The standard InChI is InChI=1S/C21H25N7O/c1-27-5-2-14(3-6-27)21(29)26-19-9-15-8-17(23-10-16(15)11-24-19)18-12-25-20-13-22-4-7-28(18)20/h8-12,14,22H,2-7,13H2,1H3,(H,24,26,29). The van der Waals surface area contributed by atoms with Crippen molar-refractivity contribution in [2.24, 2.45) is 5.92 Å². The third-order valence-corrected chi connectivity index (χ3v) is 5.94. The van der Waals surface area contributed by atoms with Crippen LogP contribution in [-0.4, -0.2) is 57.0 Å². The van der Waals surface area contributed by atoms with E-state index >= 15 is 0 Å². The normalized spacial score (nSPS) is 18.0. The first-order chi connectivity index (χ1) is 14.2. The molecule has 0 atom stereocenters. The van der Waals surface area contributed by atoms with Crippen molar-refractivity contribution in [3.63, 3.8) is 0 Å². The molecular weight excluding hydrogens is 366 g/mol. The maximum atomic E-state index is 12.6. The van der Waals surface area contributed by atoms with Crippen molar-refractivity contribution < 1.29 is 4.79 Å². The molecule has 0 aromatic carbocycles. The summed E-state index contributed by atoms with van der Waals surface area (Å²) in [7, 11) is 2.10. The van der Waals surface area contributed by atoms with E-state index in [0.29, 0.717) is 5.82 Å². The van der Waals surface area contributed by atoms with Gasteiger partial charge < -0.3 is 20.1 Å². The van der Waals surface area contributed by atoms with Gasteiger partial charge in [-0.2, -0.15) is 0 Å². The van der Waals surface area contributed by atoms with E-state index in [1.165, 1.54) is 0 Å². The van der Waals surface area contributed by atoms with Crippen molar-refractivity contribution in [2.45, 2.75) is 25.9 Å². The molecule has 0 radical (unpaired) electrons. The summed E-state index contributed by atoms with van der Waals surface area (Å²) in [6, 6.07) is 3.98. The number of hydrogen-bond acceptors (Lipinski definition) is 6. The highest BCUT2D eigenvalue weighted by atomic mass is 16.1. The Morgan fingerprint density at radius 2 is 1.90 bits per heavy atom. The summed E-state index contributed by atoms with van der Waals surface area (Å²) in [6.07, 6.45) is 7.28. The molecule has 2 aliphatic heterocycles. The molecule has 0 unspecified atom stereocenters. The summed E-state index contributed by atoms with van der Waals surface area (Å²) < 4.78 is 2.22. The Hall–Kier alpha value is -2.84. The lowest BCUT2D eigenvalue weighted by Gasteiger charge is -2.27. The van der Waals surface area contributed by atoms with Gasteiger partial charge in [0.15, 0.2) is 0 Å². The Labute approximate surface area is 169 Å². The fraction of sp³-hybridized carbons (Fsp3) is 0.429. The van der Waals surface area contributed by atoms with Gasteiger partial charge >= 0.3 is 0 Å². The molecule has 5 rings (SSSR count). The van der Waals surface area contributed by atoms with Crippen molar-refractivity contribution >= 4 is 22.5 Å². The number of fused-ring (bicyclic) bond motifs is 2. The van der Waals surface area contributed by atoms with Gasteiger partial charge in [0.1, 0.15) is 11.6 Å². The van der Waals surface area contributed by atoms with E-state index in [2.05, 4.69) is 48.2 Å². The van der Waals surface area contributed by atoms with Crippen LogP contribution in [-0.2, 0) is 17.9 Å². The van der Waals surface area contributed by atoms with E-state index in [4.69, 9.17) is 0 Å². The fourth-order valence-corrected chi connectivity index (χ4v) is 4.15. The van der Waals surface area contributed by atoms with Gasteiger partial charge in [-0.05, 0) is 50.5 Å². The Balaban J connectivity index is 1.40. The number of imidazole rings is 1. The third-order valence-electron chi connectivity index (χ3n) is 5.94. The van der Waals surface area contributed by atoms with Crippen LogP contribution in [0.25, 0.3) is 22.2 Å².